The Labute approximate surface area is 99.5 Å². The SMILES string of the molecule is CCC(=O)OC/C=C/C(O)c1ccc(F)cc1. The third-order valence-corrected chi connectivity index (χ3v) is 2.16. The van der Waals surface area contributed by atoms with Crippen molar-refractivity contribution in [3.05, 3.63) is 47.8 Å². The lowest BCUT2D eigenvalue weighted by atomic mass is 10.1. The van der Waals surface area contributed by atoms with Gasteiger partial charge in [0.1, 0.15) is 12.4 Å². The second-order valence-electron chi connectivity index (χ2n) is 3.46. The van der Waals surface area contributed by atoms with Gasteiger partial charge < -0.3 is 9.84 Å². The molecule has 0 radical (unpaired) electrons. The number of hydrogen-bond acceptors (Lipinski definition) is 3. The summed E-state index contributed by atoms with van der Waals surface area (Å²) >= 11 is 0. The van der Waals surface area contributed by atoms with E-state index < -0.39 is 6.10 Å². The Kier molecular flexibility index (Phi) is 5.36. The fourth-order valence-electron chi connectivity index (χ4n) is 1.20. The van der Waals surface area contributed by atoms with E-state index in [1.165, 1.54) is 30.3 Å². The number of benzene rings is 1. The fraction of sp³-hybridized carbons (Fsp3) is 0.308. The predicted octanol–water partition coefficient (Wildman–Crippen LogP) is 2.37. The third-order valence-electron chi connectivity index (χ3n) is 2.16. The number of halogens is 1. The molecule has 3 nitrogen and oxygen atoms in total. The lowest BCUT2D eigenvalue weighted by Crippen LogP contribution is -2.02. The first-order valence-corrected chi connectivity index (χ1v) is 5.39. The minimum absolute atomic E-state index is 0.130. The van der Waals surface area contributed by atoms with Gasteiger partial charge in [0.2, 0.25) is 0 Å². The summed E-state index contributed by atoms with van der Waals surface area (Å²) in [5.74, 6) is -0.632. The first-order valence-electron chi connectivity index (χ1n) is 5.39. The van der Waals surface area contributed by atoms with Crippen LogP contribution in [0.15, 0.2) is 36.4 Å². The average Bonchev–Trinajstić information content (AvgIpc) is 2.34. The molecular weight excluding hydrogens is 223 g/mol. The molecule has 1 rings (SSSR count). The molecule has 4 heteroatoms. The van der Waals surface area contributed by atoms with E-state index in [4.69, 9.17) is 4.74 Å². The monoisotopic (exact) mass is 238 g/mol. The van der Waals surface area contributed by atoms with Gasteiger partial charge in [-0.1, -0.05) is 25.1 Å². The summed E-state index contributed by atoms with van der Waals surface area (Å²) in [6.07, 6.45) is 2.56. The molecule has 92 valence electrons. The minimum atomic E-state index is -0.823. The average molecular weight is 238 g/mol. The van der Waals surface area contributed by atoms with Crippen molar-refractivity contribution in [2.75, 3.05) is 6.61 Å². The van der Waals surface area contributed by atoms with Gasteiger partial charge in [-0.25, -0.2) is 4.39 Å². The molecular formula is C13H15FO3. The second-order valence-corrected chi connectivity index (χ2v) is 3.46. The van der Waals surface area contributed by atoms with Crippen LogP contribution in [0.3, 0.4) is 0 Å². The van der Waals surface area contributed by atoms with E-state index in [-0.39, 0.29) is 18.4 Å². The van der Waals surface area contributed by atoms with Gasteiger partial charge in [-0.05, 0) is 23.8 Å². The highest BCUT2D eigenvalue weighted by atomic mass is 19.1. The molecule has 0 spiro atoms. The van der Waals surface area contributed by atoms with Crippen LogP contribution >= 0.6 is 0 Å². The summed E-state index contributed by atoms with van der Waals surface area (Å²) in [6, 6.07) is 5.57. The number of aliphatic hydroxyl groups is 1. The van der Waals surface area contributed by atoms with Crippen molar-refractivity contribution in [2.45, 2.75) is 19.4 Å². The summed E-state index contributed by atoms with van der Waals surface area (Å²) in [5.41, 5.74) is 0.587. The van der Waals surface area contributed by atoms with E-state index in [0.717, 1.165) is 0 Å². The maximum Gasteiger partial charge on any atom is 0.305 e. The Morgan fingerprint density at radius 3 is 2.71 bits per heavy atom. The van der Waals surface area contributed by atoms with Gasteiger partial charge in [-0.3, -0.25) is 4.79 Å². The van der Waals surface area contributed by atoms with E-state index in [1.807, 2.05) is 0 Å². The number of rotatable bonds is 5. The van der Waals surface area contributed by atoms with Crippen molar-refractivity contribution in [3.8, 4) is 0 Å². The molecule has 0 heterocycles. The molecule has 0 saturated heterocycles. The first-order chi connectivity index (χ1) is 8.13. The summed E-state index contributed by atoms with van der Waals surface area (Å²) in [6.45, 7) is 1.84. The van der Waals surface area contributed by atoms with Gasteiger partial charge in [0.15, 0.2) is 0 Å². The number of ether oxygens (including phenoxy) is 1. The van der Waals surface area contributed by atoms with Crippen molar-refractivity contribution in [1.82, 2.24) is 0 Å². The molecule has 0 aliphatic rings. The van der Waals surface area contributed by atoms with Gasteiger partial charge in [-0.2, -0.15) is 0 Å². The fourth-order valence-corrected chi connectivity index (χ4v) is 1.20. The maximum atomic E-state index is 12.6. The Morgan fingerprint density at radius 1 is 1.47 bits per heavy atom. The highest BCUT2D eigenvalue weighted by Gasteiger charge is 2.02. The Balaban J connectivity index is 2.43. The largest absolute Gasteiger partial charge is 0.461 e. The van der Waals surface area contributed by atoms with Crippen LogP contribution in [0.1, 0.15) is 25.0 Å². The molecule has 0 aliphatic carbocycles. The van der Waals surface area contributed by atoms with Crippen molar-refractivity contribution < 1.29 is 19.0 Å². The smallest absolute Gasteiger partial charge is 0.305 e. The van der Waals surface area contributed by atoms with Crippen LogP contribution < -0.4 is 0 Å². The lowest BCUT2D eigenvalue weighted by molar-refractivity contribution is -0.141. The van der Waals surface area contributed by atoms with Crippen LogP contribution in [0.25, 0.3) is 0 Å². The quantitative estimate of drug-likeness (QED) is 0.632. The molecule has 1 N–H and O–H groups in total. The summed E-state index contributed by atoms with van der Waals surface area (Å²) in [5, 5.41) is 9.68. The van der Waals surface area contributed by atoms with Crippen molar-refractivity contribution in [2.24, 2.45) is 0 Å². The highest BCUT2D eigenvalue weighted by molar-refractivity contribution is 5.68. The molecule has 1 atom stereocenters. The van der Waals surface area contributed by atoms with Crippen LogP contribution in [-0.4, -0.2) is 17.7 Å². The van der Waals surface area contributed by atoms with E-state index in [9.17, 15) is 14.3 Å². The number of aliphatic hydroxyl groups excluding tert-OH is 1. The van der Waals surface area contributed by atoms with Crippen molar-refractivity contribution in [1.29, 1.82) is 0 Å². The van der Waals surface area contributed by atoms with E-state index in [2.05, 4.69) is 0 Å². The van der Waals surface area contributed by atoms with Crippen LogP contribution in [0, 0.1) is 5.82 Å². The zero-order valence-corrected chi connectivity index (χ0v) is 9.60. The van der Waals surface area contributed by atoms with E-state index >= 15 is 0 Å². The normalized spacial score (nSPS) is 12.6. The molecule has 0 fully saturated rings. The van der Waals surface area contributed by atoms with Gasteiger partial charge in [0.25, 0.3) is 0 Å². The minimum Gasteiger partial charge on any atom is -0.461 e. The van der Waals surface area contributed by atoms with Crippen molar-refractivity contribution in [3.63, 3.8) is 0 Å². The van der Waals surface area contributed by atoms with Crippen molar-refractivity contribution >= 4 is 5.97 Å². The van der Waals surface area contributed by atoms with Crippen LogP contribution in [0.2, 0.25) is 0 Å². The molecule has 1 aromatic carbocycles. The van der Waals surface area contributed by atoms with Crippen LogP contribution in [0.4, 0.5) is 4.39 Å². The Morgan fingerprint density at radius 2 is 2.12 bits per heavy atom. The number of carbonyl (C=O) groups excluding carboxylic acids is 1. The van der Waals surface area contributed by atoms with Gasteiger partial charge >= 0.3 is 5.97 Å². The standard InChI is InChI=1S/C13H15FO3/c1-2-13(16)17-9-3-4-12(15)10-5-7-11(14)8-6-10/h3-8,12,15H,2,9H2,1H3/b4-3+. The van der Waals surface area contributed by atoms with Crippen LogP contribution in [-0.2, 0) is 9.53 Å². The maximum absolute atomic E-state index is 12.6. The molecule has 17 heavy (non-hydrogen) atoms. The topological polar surface area (TPSA) is 46.5 Å². The zero-order chi connectivity index (χ0) is 12.7. The van der Waals surface area contributed by atoms with Gasteiger partial charge in [-0.15, -0.1) is 0 Å². The second kappa shape index (κ2) is 6.81. The molecule has 0 aliphatic heterocycles. The predicted molar refractivity (Wildman–Crippen MR) is 61.7 cm³/mol. The third kappa shape index (κ3) is 4.78. The first kappa shape index (κ1) is 13.4. The van der Waals surface area contributed by atoms with Crippen LogP contribution in [0.5, 0.6) is 0 Å². The summed E-state index contributed by atoms with van der Waals surface area (Å²) in [7, 11) is 0. The van der Waals surface area contributed by atoms with E-state index in [1.54, 1.807) is 13.0 Å². The lowest BCUT2D eigenvalue weighted by Gasteiger charge is -2.05. The molecule has 0 amide bonds. The molecule has 1 aromatic rings. The Bertz CT molecular complexity index is 384. The highest BCUT2D eigenvalue weighted by Crippen LogP contribution is 2.14. The van der Waals surface area contributed by atoms with Gasteiger partial charge in [0, 0.05) is 6.42 Å². The van der Waals surface area contributed by atoms with Gasteiger partial charge in [0.05, 0.1) is 6.10 Å². The van der Waals surface area contributed by atoms with E-state index in [0.29, 0.717) is 12.0 Å². The summed E-state index contributed by atoms with van der Waals surface area (Å²) in [4.78, 5) is 10.8. The zero-order valence-electron chi connectivity index (χ0n) is 9.60. The number of carbonyl (C=O) groups is 1. The molecule has 0 aromatic heterocycles. The summed E-state index contributed by atoms with van der Waals surface area (Å²) < 4.78 is 17.4. The number of esters is 1. The Hall–Kier alpha value is -1.68. The molecule has 1 unspecified atom stereocenters. The molecule has 0 bridgehead atoms. The number of hydrogen-bond donors (Lipinski definition) is 1. The molecule has 0 saturated carbocycles.